The summed E-state index contributed by atoms with van der Waals surface area (Å²) in [7, 11) is 1.66. The van der Waals surface area contributed by atoms with Crippen molar-refractivity contribution in [3.8, 4) is 15.6 Å². The third-order valence-corrected chi connectivity index (χ3v) is 5.61. The Labute approximate surface area is 149 Å². The van der Waals surface area contributed by atoms with E-state index in [-0.39, 0.29) is 5.91 Å². The van der Waals surface area contributed by atoms with Gasteiger partial charge in [-0.3, -0.25) is 4.79 Å². The summed E-state index contributed by atoms with van der Waals surface area (Å²) < 4.78 is 5.37. The van der Waals surface area contributed by atoms with E-state index in [9.17, 15) is 4.79 Å². The lowest BCUT2D eigenvalue weighted by Gasteiger charge is -2.10. The SMILES string of the molecule is COc1ccc(C)cc1CCNC(=O)c1cnc(-c2cccs2)s1. The zero-order chi connectivity index (χ0) is 16.9. The number of hydrogen-bond donors (Lipinski definition) is 1. The van der Waals surface area contributed by atoms with Gasteiger partial charge in [-0.15, -0.1) is 22.7 Å². The van der Waals surface area contributed by atoms with Crippen LogP contribution in [0.2, 0.25) is 0 Å². The molecule has 6 heteroatoms. The minimum atomic E-state index is -0.0815. The van der Waals surface area contributed by atoms with Gasteiger partial charge in [0, 0.05) is 6.54 Å². The molecule has 124 valence electrons. The highest BCUT2D eigenvalue weighted by molar-refractivity contribution is 7.21. The van der Waals surface area contributed by atoms with Gasteiger partial charge < -0.3 is 10.1 Å². The lowest BCUT2D eigenvalue weighted by atomic mass is 10.1. The predicted molar refractivity (Wildman–Crippen MR) is 99.2 cm³/mol. The minimum absolute atomic E-state index is 0.0815. The number of carbonyl (C=O) groups excluding carboxylic acids is 1. The number of benzene rings is 1. The molecule has 2 aromatic heterocycles. The fraction of sp³-hybridized carbons (Fsp3) is 0.222. The van der Waals surface area contributed by atoms with Gasteiger partial charge in [0.05, 0.1) is 18.2 Å². The average molecular weight is 358 g/mol. The van der Waals surface area contributed by atoms with Gasteiger partial charge >= 0.3 is 0 Å². The molecule has 24 heavy (non-hydrogen) atoms. The molecule has 1 aromatic carbocycles. The van der Waals surface area contributed by atoms with Gasteiger partial charge in [-0.2, -0.15) is 0 Å². The van der Waals surface area contributed by atoms with E-state index >= 15 is 0 Å². The van der Waals surface area contributed by atoms with Crippen LogP contribution in [-0.4, -0.2) is 24.5 Å². The van der Waals surface area contributed by atoms with E-state index in [1.165, 1.54) is 16.9 Å². The lowest BCUT2D eigenvalue weighted by molar-refractivity contribution is 0.0958. The third-order valence-electron chi connectivity index (χ3n) is 3.58. The summed E-state index contributed by atoms with van der Waals surface area (Å²) in [4.78, 5) is 18.3. The van der Waals surface area contributed by atoms with Crippen LogP contribution in [0, 0.1) is 6.92 Å². The molecule has 1 N–H and O–H groups in total. The van der Waals surface area contributed by atoms with Crippen LogP contribution in [0.3, 0.4) is 0 Å². The monoisotopic (exact) mass is 358 g/mol. The fourth-order valence-electron chi connectivity index (χ4n) is 2.39. The quantitative estimate of drug-likeness (QED) is 0.720. The third kappa shape index (κ3) is 3.83. The number of hydrogen-bond acceptors (Lipinski definition) is 5. The molecule has 0 unspecified atom stereocenters. The van der Waals surface area contributed by atoms with Crippen molar-refractivity contribution in [2.45, 2.75) is 13.3 Å². The molecule has 0 aliphatic carbocycles. The van der Waals surface area contributed by atoms with E-state index in [2.05, 4.69) is 16.4 Å². The molecule has 0 aliphatic rings. The number of ether oxygens (including phenoxy) is 1. The number of aromatic nitrogens is 1. The molecule has 3 rings (SSSR count). The van der Waals surface area contributed by atoms with Crippen molar-refractivity contribution >= 4 is 28.6 Å². The Morgan fingerprint density at radius 2 is 2.21 bits per heavy atom. The average Bonchev–Trinajstić information content (AvgIpc) is 3.26. The lowest BCUT2D eigenvalue weighted by Crippen LogP contribution is -2.25. The molecule has 0 saturated carbocycles. The first-order chi connectivity index (χ1) is 11.7. The van der Waals surface area contributed by atoms with Crippen molar-refractivity contribution in [1.82, 2.24) is 10.3 Å². The molecule has 0 aliphatic heterocycles. The maximum atomic E-state index is 12.3. The largest absolute Gasteiger partial charge is 0.496 e. The Morgan fingerprint density at radius 1 is 1.33 bits per heavy atom. The molecule has 0 spiro atoms. The summed E-state index contributed by atoms with van der Waals surface area (Å²) in [5.74, 6) is 0.773. The van der Waals surface area contributed by atoms with E-state index in [0.717, 1.165) is 27.6 Å². The van der Waals surface area contributed by atoms with Crippen LogP contribution in [0.25, 0.3) is 9.88 Å². The minimum Gasteiger partial charge on any atom is -0.496 e. The summed E-state index contributed by atoms with van der Waals surface area (Å²) in [6.07, 6.45) is 2.37. The van der Waals surface area contributed by atoms with Crippen molar-refractivity contribution in [3.63, 3.8) is 0 Å². The van der Waals surface area contributed by atoms with Gasteiger partial charge in [0.15, 0.2) is 0 Å². The van der Waals surface area contributed by atoms with Crippen molar-refractivity contribution in [3.05, 3.63) is 57.9 Å². The summed E-state index contributed by atoms with van der Waals surface area (Å²) in [5.41, 5.74) is 2.28. The highest BCUT2D eigenvalue weighted by Gasteiger charge is 2.12. The van der Waals surface area contributed by atoms with E-state index < -0.39 is 0 Å². The zero-order valence-corrected chi connectivity index (χ0v) is 15.2. The fourth-order valence-corrected chi connectivity index (χ4v) is 4.03. The Balaban J connectivity index is 1.59. The molecule has 4 nitrogen and oxygen atoms in total. The van der Waals surface area contributed by atoms with Crippen LogP contribution in [0.5, 0.6) is 5.75 Å². The van der Waals surface area contributed by atoms with Gasteiger partial charge in [0.1, 0.15) is 15.6 Å². The van der Waals surface area contributed by atoms with Gasteiger partial charge in [0.25, 0.3) is 5.91 Å². The number of thiazole rings is 1. The summed E-state index contributed by atoms with van der Waals surface area (Å²) in [5, 5.41) is 5.85. The summed E-state index contributed by atoms with van der Waals surface area (Å²) in [6.45, 7) is 2.61. The maximum Gasteiger partial charge on any atom is 0.263 e. The smallest absolute Gasteiger partial charge is 0.263 e. The molecule has 0 atom stereocenters. The van der Waals surface area contributed by atoms with E-state index in [1.807, 2.05) is 36.6 Å². The van der Waals surface area contributed by atoms with Gasteiger partial charge in [-0.05, 0) is 36.4 Å². The van der Waals surface area contributed by atoms with Crippen molar-refractivity contribution < 1.29 is 9.53 Å². The molecule has 0 saturated heterocycles. The van der Waals surface area contributed by atoms with E-state index in [0.29, 0.717) is 11.4 Å². The highest BCUT2D eigenvalue weighted by atomic mass is 32.1. The maximum absolute atomic E-state index is 12.3. The molecule has 0 radical (unpaired) electrons. The Kier molecular flexibility index (Phi) is 5.27. The molecular formula is C18H18N2O2S2. The number of carbonyl (C=O) groups is 1. The molecule has 0 fully saturated rings. The number of nitrogens with zero attached hydrogens (tertiary/aromatic N) is 1. The van der Waals surface area contributed by atoms with Crippen LogP contribution in [0.15, 0.2) is 41.9 Å². The van der Waals surface area contributed by atoms with Gasteiger partial charge in [0.2, 0.25) is 0 Å². The second-order valence-corrected chi connectivity index (χ2v) is 7.31. The number of thiophene rings is 1. The van der Waals surface area contributed by atoms with Crippen LogP contribution in [-0.2, 0) is 6.42 Å². The predicted octanol–water partition coefficient (Wildman–Crippen LogP) is 4.16. The van der Waals surface area contributed by atoms with Crippen LogP contribution in [0.4, 0.5) is 0 Å². The van der Waals surface area contributed by atoms with Gasteiger partial charge in [-0.25, -0.2) is 4.98 Å². The first-order valence-corrected chi connectivity index (χ1v) is 9.28. The second-order valence-electron chi connectivity index (χ2n) is 5.33. The normalized spacial score (nSPS) is 10.6. The number of aryl methyl sites for hydroxylation is 1. The number of nitrogens with one attached hydrogen (secondary N) is 1. The molecule has 1 amide bonds. The number of rotatable bonds is 6. The Bertz CT molecular complexity index is 825. The van der Waals surface area contributed by atoms with Crippen LogP contribution in [0.1, 0.15) is 20.8 Å². The molecular weight excluding hydrogens is 340 g/mol. The van der Waals surface area contributed by atoms with Gasteiger partial charge in [-0.1, -0.05) is 23.8 Å². The highest BCUT2D eigenvalue weighted by Crippen LogP contribution is 2.28. The van der Waals surface area contributed by atoms with Crippen LogP contribution >= 0.6 is 22.7 Å². The van der Waals surface area contributed by atoms with Crippen LogP contribution < -0.4 is 10.1 Å². The summed E-state index contributed by atoms with van der Waals surface area (Å²) >= 11 is 3.04. The topological polar surface area (TPSA) is 51.2 Å². The first kappa shape index (κ1) is 16.7. The van der Waals surface area contributed by atoms with Crippen molar-refractivity contribution in [2.24, 2.45) is 0 Å². The number of methoxy groups -OCH3 is 1. The van der Waals surface area contributed by atoms with E-state index in [4.69, 9.17) is 4.74 Å². The first-order valence-electron chi connectivity index (χ1n) is 7.59. The van der Waals surface area contributed by atoms with Crippen molar-refractivity contribution in [1.29, 1.82) is 0 Å². The molecule has 3 aromatic rings. The molecule has 2 heterocycles. The summed E-state index contributed by atoms with van der Waals surface area (Å²) in [6, 6.07) is 10.1. The Morgan fingerprint density at radius 3 is 2.96 bits per heavy atom. The zero-order valence-electron chi connectivity index (χ0n) is 13.5. The second kappa shape index (κ2) is 7.59. The molecule has 0 bridgehead atoms. The number of amides is 1. The van der Waals surface area contributed by atoms with E-state index in [1.54, 1.807) is 24.6 Å². The Hall–Kier alpha value is -2.18. The standard InChI is InChI=1S/C18H18N2O2S2/c1-12-5-6-14(22-2)13(10-12)7-8-19-17(21)16-11-20-18(24-16)15-4-3-9-23-15/h3-6,9-11H,7-8H2,1-2H3,(H,19,21). The van der Waals surface area contributed by atoms with Crippen molar-refractivity contribution in [2.75, 3.05) is 13.7 Å².